The molecule has 176 valence electrons. The summed E-state index contributed by atoms with van der Waals surface area (Å²) < 4.78 is 17.2. The van der Waals surface area contributed by atoms with E-state index in [2.05, 4.69) is 10.1 Å². The third kappa shape index (κ3) is 4.80. The van der Waals surface area contributed by atoms with E-state index in [1.54, 1.807) is 25.1 Å². The maximum Gasteiger partial charge on any atom is 0.283 e. The zero-order valence-corrected chi connectivity index (χ0v) is 20.7. The highest BCUT2D eigenvalue weighted by Crippen LogP contribution is 2.37. The molecule has 0 unspecified atom stereocenters. The number of fused-ring (bicyclic) bond motifs is 1. The lowest BCUT2D eigenvalue weighted by Gasteiger charge is -2.20. The number of nitrogens with zero attached hydrogens (tertiary/aromatic N) is 3. The van der Waals surface area contributed by atoms with Gasteiger partial charge in [0, 0.05) is 0 Å². The number of amides is 1. The van der Waals surface area contributed by atoms with Crippen LogP contribution in [0.15, 0.2) is 46.0 Å². The van der Waals surface area contributed by atoms with Gasteiger partial charge in [0.25, 0.3) is 5.91 Å². The topological polar surface area (TPSA) is 96.6 Å². The first-order chi connectivity index (χ1) is 16.3. The molecule has 0 atom stereocenters. The summed E-state index contributed by atoms with van der Waals surface area (Å²) in [6, 6.07) is 9.31. The number of carbonyl (C=O) groups is 1. The van der Waals surface area contributed by atoms with E-state index in [1.807, 2.05) is 32.0 Å². The van der Waals surface area contributed by atoms with Crippen LogP contribution in [0, 0.1) is 19.3 Å². The fourth-order valence-electron chi connectivity index (χ4n) is 3.53. The number of ether oxygens (including phenoxy) is 3. The Morgan fingerprint density at radius 3 is 2.47 bits per heavy atom. The number of nitrogens with one attached hydrogen (secondary N) is 1. The van der Waals surface area contributed by atoms with Crippen molar-refractivity contribution in [1.29, 1.82) is 5.41 Å². The Morgan fingerprint density at radius 2 is 1.79 bits per heavy atom. The first kappa shape index (κ1) is 23.8. The molecule has 0 aromatic heterocycles. The van der Waals surface area contributed by atoms with Crippen molar-refractivity contribution in [1.82, 2.24) is 5.01 Å². The van der Waals surface area contributed by atoms with Gasteiger partial charge in [-0.1, -0.05) is 29.8 Å². The number of hydrogen-bond acceptors (Lipinski definition) is 7. The number of hydrazone groups is 1. The molecule has 10 heteroatoms. The molecule has 0 radical (unpaired) electrons. The summed E-state index contributed by atoms with van der Waals surface area (Å²) in [7, 11) is 1.51. The van der Waals surface area contributed by atoms with Gasteiger partial charge in [-0.2, -0.15) is 15.1 Å². The van der Waals surface area contributed by atoms with E-state index >= 15 is 0 Å². The Balaban J connectivity index is 1.50. The summed E-state index contributed by atoms with van der Waals surface area (Å²) in [6.45, 7) is 6.37. The van der Waals surface area contributed by atoms with E-state index in [0.717, 1.165) is 16.9 Å². The van der Waals surface area contributed by atoms with E-state index in [4.69, 9.17) is 31.2 Å². The minimum absolute atomic E-state index is 0.0431. The SMILES string of the molecule is COc1cc(/C=C2/C(=N)N3N=C(C)SC3=NC2=O)cc(Cl)c1OCCOc1c(C)cccc1C. The number of amidine groups is 2. The standard InChI is InChI=1S/C24H23ClN4O4S/c1-13-6-5-7-14(2)20(13)32-8-9-33-21-18(25)11-16(12-19(21)31-4)10-17-22(26)29-24(27-23(17)30)34-15(3)28-29/h5-7,10-12,26H,8-9H2,1-4H3/b17-10-,26-22?. The number of hydrogen-bond donors (Lipinski definition) is 1. The number of aryl methyl sites for hydroxylation is 2. The Labute approximate surface area is 206 Å². The lowest BCUT2D eigenvalue weighted by Crippen LogP contribution is -2.35. The smallest absolute Gasteiger partial charge is 0.283 e. The van der Waals surface area contributed by atoms with Crippen molar-refractivity contribution in [3.8, 4) is 17.2 Å². The molecule has 8 nitrogen and oxygen atoms in total. The molecule has 1 amide bonds. The third-order valence-corrected chi connectivity index (χ3v) is 6.21. The van der Waals surface area contributed by atoms with Crippen molar-refractivity contribution in [2.24, 2.45) is 10.1 Å². The summed E-state index contributed by atoms with van der Waals surface area (Å²) in [5.74, 6) is 1.06. The maximum absolute atomic E-state index is 12.5. The zero-order chi connectivity index (χ0) is 24.4. The molecule has 2 aromatic carbocycles. The van der Waals surface area contributed by atoms with Crippen LogP contribution in [-0.4, -0.2) is 47.3 Å². The summed E-state index contributed by atoms with van der Waals surface area (Å²) >= 11 is 7.74. The van der Waals surface area contributed by atoms with Gasteiger partial charge in [-0.05, 0) is 67.4 Å². The van der Waals surface area contributed by atoms with Crippen LogP contribution < -0.4 is 14.2 Å². The van der Waals surface area contributed by atoms with Gasteiger partial charge in [-0.3, -0.25) is 10.2 Å². The van der Waals surface area contributed by atoms with Crippen molar-refractivity contribution in [2.45, 2.75) is 20.8 Å². The number of methoxy groups -OCH3 is 1. The second kappa shape index (κ2) is 9.90. The predicted octanol–water partition coefficient (Wildman–Crippen LogP) is 5.06. The predicted molar refractivity (Wildman–Crippen MR) is 136 cm³/mol. The van der Waals surface area contributed by atoms with Crippen LogP contribution in [0.25, 0.3) is 6.08 Å². The van der Waals surface area contributed by atoms with Crippen molar-refractivity contribution in [3.05, 3.63) is 57.6 Å². The molecule has 0 saturated carbocycles. The van der Waals surface area contributed by atoms with Crippen molar-refractivity contribution >= 4 is 51.4 Å². The maximum atomic E-state index is 12.5. The number of halogens is 1. The van der Waals surface area contributed by atoms with Crippen LogP contribution in [0.1, 0.15) is 23.6 Å². The highest BCUT2D eigenvalue weighted by Gasteiger charge is 2.34. The van der Waals surface area contributed by atoms with Gasteiger partial charge in [-0.25, -0.2) is 0 Å². The number of benzene rings is 2. The number of carbonyl (C=O) groups excluding carboxylic acids is 1. The monoisotopic (exact) mass is 498 g/mol. The lowest BCUT2D eigenvalue weighted by molar-refractivity contribution is -0.114. The fraction of sp³-hybridized carbons (Fsp3) is 0.250. The number of thioether (sulfide) groups is 1. The number of para-hydroxylation sites is 1. The first-order valence-corrected chi connectivity index (χ1v) is 11.6. The molecular formula is C24H23ClN4O4S. The average molecular weight is 499 g/mol. The van der Waals surface area contributed by atoms with Gasteiger partial charge in [0.1, 0.15) is 19.0 Å². The molecule has 2 heterocycles. The number of aliphatic imine (C=N–C) groups is 1. The molecular weight excluding hydrogens is 476 g/mol. The summed E-state index contributed by atoms with van der Waals surface area (Å²) in [4.78, 5) is 16.5. The molecule has 0 bridgehead atoms. The lowest BCUT2D eigenvalue weighted by atomic mass is 10.1. The van der Waals surface area contributed by atoms with E-state index < -0.39 is 5.91 Å². The number of rotatable bonds is 7. The summed E-state index contributed by atoms with van der Waals surface area (Å²) in [6.07, 6.45) is 1.54. The van der Waals surface area contributed by atoms with E-state index in [1.165, 1.54) is 23.9 Å². The minimum Gasteiger partial charge on any atom is -0.493 e. The largest absolute Gasteiger partial charge is 0.493 e. The second-order valence-electron chi connectivity index (χ2n) is 7.59. The molecule has 0 spiro atoms. The van der Waals surface area contributed by atoms with E-state index in [0.29, 0.717) is 38.9 Å². The van der Waals surface area contributed by atoms with E-state index in [-0.39, 0.29) is 18.0 Å². The van der Waals surface area contributed by atoms with Gasteiger partial charge >= 0.3 is 0 Å². The van der Waals surface area contributed by atoms with Crippen LogP contribution in [0.4, 0.5) is 0 Å². The average Bonchev–Trinajstić information content (AvgIpc) is 3.16. The van der Waals surface area contributed by atoms with Crippen LogP contribution in [-0.2, 0) is 4.79 Å². The molecule has 34 heavy (non-hydrogen) atoms. The Kier molecular flexibility index (Phi) is 6.95. The Morgan fingerprint density at radius 1 is 1.12 bits per heavy atom. The second-order valence-corrected chi connectivity index (χ2v) is 9.16. The quantitative estimate of drug-likeness (QED) is 0.423. The highest BCUT2D eigenvalue weighted by atomic mass is 35.5. The normalized spacial score (nSPS) is 16.4. The van der Waals surface area contributed by atoms with Crippen LogP contribution in [0.2, 0.25) is 5.02 Å². The molecule has 2 aliphatic rings. The zero-order valence-electron chi connectivity index (χ0n) is 19.1. The van der Waals surface area contributed by atoms with E-state index in [9.17, 15) is 4.79 Å². The molecule has 1 N–H and O–H groups in total. The van der Waals surface area contributed by atoms with Gasteiger partial charge in [0.15, 0.2) is 17.3 Å². The molecule has 0 saturated heterocycles. The van der Waals surface area contributed by atoms with Crippen molar-refractivity contribution in [2.75, 3.05) is 20.3 Å². The summed E-state index contributed by atoms with van der Waals surface area (Å²) in [5, 5.41) is 15.4. The van der Waals surface area contributed by atoms with Gasteiger partial charge < -0.3 is 14.2 Å². The molecule has 4 rings (SSSR count). The van der Waals surface area contributed by atoms with Crippen molar-refractivity contribution < 1.29 is 19.0 Å². The molecule has 0 aliphatic carbocycles. The molecule has 2 aliphatic heterocycles. The first-order valence-electron chi connectivity index (χ1n) is 10.4. The van der Waals surface area contributed by atoms with Crippen LogP contribution >= 0.6 is 23.4 Å². The fourth-order valence-corrected chi connectivity index (χ4v) is 4.54. The van der Waals surface area contributed by atoms with Gasteiger partial charge in [0.2, 0.25) is 5.17 Å². The Hall–Kier alpha value is -3.30. The van der Waals surface area contributed by atoms with Crippen molar-refractivity contribution in [3.63, 3.8) is 0 Å². The van der Waals surface area contributed by atoms with Gasteiger partial charge in [0.05, 0.1) is 22.7 Å². The molecule has 2 aromatic rings. The Bertz CT molecular complexity index is 1250. The summed E-state index contributed by atoms with van der Waals surface area (Å²) in [5.41, 5.74) is 2.79. The van der Waals surface area contributed by atoms with Crippen LogP contribution in [0.3, 0.4) is 0 Å². The van der Waals surface area contributed by atoms with Crippen LogP contribution in [0.5, 0.6) is 17.2 Å². The third-order valence-electron chi connectivity index (χ3n) is 5.10. The minimum atomic E-state index is -0.507. The highest BCUT2D eigenvalue weighted by molar-refractivity contribution is 8.26. The van der Waals surface area contributed by atoms with Gasteiger partial charge in [-0.15, -0.1) is 0 Å². The molecule has 0 fully saturated rings.